The molecule has 6 N–H and O–H groups in total. The number of benzene rings is 3. The van der Waals surface area contributed by atoms with Crippen LogP contribution in [0.5, 0.6) is 0 Å². The van der Waals surface area contributed by atoms with Crippen molar-refractivity contribution in [3.8, 4) is 0 Å². The Morgan fingerprint density at radius 3 is 2.40 bits per heavy atom. The normalized spacial score (nSPS) is 10.4. The average molecular weight is 404 g/mol. The first-order valence-corrected chi connectivity index (χ1v) is 9.26. The van der Waals surface area contributed by atoms with E-state index in [0.29, 0.717) is 28.9 Å². The first-order valence-electron chi connectivity index (χ1n) is 9.26. The minimum absolute atomic E-state index is 0.109. The molecule has 0 spiro atoms. The number of nitrogen functional groups attached to an aromatic ring is 1. The smallest absolute Gasteiger partial charge is 0.248 e. The Bertz CT molecular complexity index is 1110. The van der Waals surface area contributed by atoms with Crippen molar-refractivity contribution in [2.45, 2.75) is 12.8 Å². The topological polar surface area (TPSA) is 122 Å². The van der Waals surface area contributed by atoms with Gasteiger partial charge in [0.25, 0.3) is 0 Å². The van der Waals surface area contributed by atoms with E-state index in [9.17, 15) is 14.0 Å². The maximum absolute atomic E-state index is 13.0. The fraction of sp³-hybridized carbons (Fsp3) is 0.0870. The molecule has 30 heavy (non-hydrogen) atoms. The van der Waals surface area contributed by atoms with E-state index in [-0.39, 0.29) is 29.4 Å². The predicted molar refractivity (Wildman–Crippen MR) is 115 cm³/mol. The highest BCUT2D eigenvalue weighted by molar-refractivity contribution is 6.15. The maximum atomic E-state index is 13.0. The van der Waals surface area contributed by atoms with E-state index in [0.717, 1.165) is 5.56 Å². The summed E-state index contributed by atoms with van der Waals surface area (Å²) in [6.07, 6.45) is 0.721. The second-order valence-corrected chi connectivity index (χ2v) is 6.80. The lowest BCUT2D eigenvalue weighted by Crippen LogP contribution is -2.14. The van der Waals surface area contributed by atoms with Crippen LogP contribution in [0.4, 0.5) is 15.8 Å². The van der Waals surface area contributed by atoms with Gasteiger partial charge in [-0.3, -0.25) is 15.0 Å². The lowest BCUT2D eigenvalue weighted by Gasteiger charge is -2.11. The Labute approximate surface area is 173 Å². The molecule has 0 aliphatic rings. The lowest BCUT2D eigenvalue weighted by atomic mass is 9.98. The molecule has 0 unspecified atom stereocenters. The molecule has 0 bridgehead atoms. The Hall–Kier alpha value is -4.00. The van der Waals surface area contributed by atoms with Gasteiger partial charge < -0.3 is 16.8 Å². The van der Waals surface area contributed by atoms with Gasteiger partial charge >= 0.3 is 0 Å². The number of halogens is 1. The standard InChI is InChI=1S/C23H21FN4O2/c24-17-8-4-14(5-9-17)6-11-21(29)28-18-3-1-2-15(12-18)22(26)19-13-16(23(27)30)7-10-20(19)25/h1-5,7-10,12-13,26H,6,11,25H2,(H2,27,30)(H,28,29). The molecule has 152 valence electrons. The highest BCUT2D eigenvalue weighted by Gasteiger charge is 2.13. The molecule has 0 aliphatic carbocycles. The van der Waals surface area contributed by atoms with E-state index in [2.05, 4.69) is 5.32 Å². The number of aryl methyl sites for hydroxylation is 1. The molecular weight excluding hydrogens is 383 g/mol. The van der Waals surface area contributed by atoms with E-state index < -0.39 is 5.91 Å². The molecule has 0 radical (unpaired) electrons. The van der Waals surface area contributed by atoms with Crippen LogP contribution in [-0.2, 0) is 11.2 Å². The monoisotopic (exact) mass is 404 g/mol. The number of rotatable bonds is 7. The van der Waals surface area contributed by atoms with Gasteiger partial charge in [-0.1, -0.05) is 24.3 Å². The van der Waals surface area contributed by atoms with E-state index in [4.69, 9.17) is 16.9 Å². The first-order chi connectivity index (χ1) is 14.3. The van der Waals surface area contributed by atoms with Crippen LogP contribution in [0.2, 0.25) is 0 Å². The van der Waals surface area contributed by atoms with Crippen molar-refractivity contribution >= 4 is 28.9 Å². The van der Waals surface area contributed by atoms with Gasteiger partial charge in [-0.25, -0.2) is 4.39 Å². The SMILES string of the molecule is N=C(c1cccc(NC(=O)CCc2ccc(F)cc2)c1)c1cc(C(N)=O)ccc1N. The number of nitrogens with two attached hydrogens (primary N) is 2. The van der Waals surface area contributed by atoms with Crippen LogP contribution in [0.3, 0.4) is 0 Å². The predicted octanol–water partition coefficient (Wildman–Crippen LogP) is 3.49. The summed E-state index contributed by atoms with van der Waals surface area (Å²) in [5.41, 5.74) is 14.3. The van der Waals surface area contributed by atoms with Crippen LogP contribution < -0.4 is 16.8 Å². The fourth-order valence-electron chi connectivity index (χ4n) is 2.97. The summed E-state index contributed by atoms with van der Waals surface area (Å²) in [7, 11) is 0. The number of nitrogens with one attached hydrogen (secondary N) is 2. The van der Waals surface area contributed by atoms with Crippen molar-refractivity contribution in [3.63, 3.8) is 0 Å². The van der Waals surface area contributed by atoms with Crippen molar-refractivity contribution in [1.29, 1.82) is 5.41 Å². The van der Waals surface area contributed by atoms with Gasteiger partial charge in [0.2, 0.25) is 11.8 Å². The third-order valence-electron chi connectivity index (χ3n) is 4.60. The zero-order chi connectivity index (χ0) is 21.7. The van der Waals surface area contributed by atoms with E-state index in [1.165, 1.54) is 30.3 Å². The second kappa shape index (κ2) is 9.00. The number of carbonyl (C=O) groups excluding carboxylic acids is 2. The zero-order valence-corrected chi connectivity index (χ0v) is 16.1. The van der Waals surface area contributed by atoms with Gasteiger partial charge in [0, 0.05) is 34.5 Å². The van der Waals surface area contributed by atoms with Crippen LogP contribution in [0.15, 0.2) is 66.7 Å². The van der Waals surface area contributed by atoms with Crippen molar-refractivity contribution in [2.24, 2.45) is 5.73 Å². The molecule has 3 rings (SSSR count). The molecule has 0 saturated carbocycles. The van der Waals surface area contributed by atoms with Crippen molar-refractivity contribution < 1.29 is 14.0 Å². The maximum Gasteiger partial charge on any atom is 0.248 e. The largest absolute Gasteiger partial charge is 0.398 e. The zero-order valence-electron chi connectivity index (χ0n) is 16.1. The van der Waals surface area contributed by atoms with Crippen LogP contribution in [0.1, 0.15) is 33.5 Å². The highest BCUT2D eigenvalue weighted by atomic mass is 19.1. The molecule has 0 saturated heterocycles. The average Bonchev–Trinajstić information content (AvgIpc) is 2.73. The molecule has 2 amide bonds. The molecule has 3 aromatic carbocycles. The van der Waals surface area contributed by atoms with Crippen LogP contribution in [0.25, 0.3) is 0 Å². The number of amides is 2. The minimum Gasteiger partial charge on any atom is -0.398 e. The Morgan fingerprint density at radius 1 is 0.967 bits per heavy atom. The fourth-order valence-corrected chi connectivity index (χ4v) is 2.97. The highest BCUT2D eigenvalue weighted by Crippen LogP contribution is 2.21. The van der Waals surface area contributed by atoms with E-state index in [1.54, 1.807) is 36.4 Å². The molecular formula is C23H21FN4O2. The molecule has 7 heteroatoms. The van der Waals surface area contributed by atoms with Crippen molar-refractivity contribution in [3.05, 3.63) is 94.8 Å². The molecule has 6 nitrogen and oxygen atoms in total. The number of hydrogen-bond acceptors (Lipinski definition) is 4. The summed E-state index contributed by atoms with van der Waals surface area (Å²) >= 11 is 0. The number of hydrogen-bond donors (Lipinski definition) is 4. The summed E-state index contributed by atoms with van der Waals surface area (Å²) in [4.78, 5) is 23.7. The third kappa shape index (κ3) is 5.08. The van der Waals surface area contributed by atoms with E-state index in [1.807, 2.05) is 0 Å². The van der Waals surface area contributed by atoms with Gasteiger partial charge in [0.05, 0.1) is 5.71 Å². The molecule has 0 heterocycles. The molecule has 0 atom stereocenters. The Kier molecular flexibility index (Phi) is 6.22. The molecule has 3 aromatic rings. The Morgan fingerprint density at radius 2 is 1.70 bits per heavy atom. The van der Waals surface area contributed by atoms with Crippen molar-refractivity contribution in [1.82, 2.24) is 0 Å². The number of primary amides is 1. The van der Waals surface area contributed by atoms with Crippen LogP contribution >= 0.6 is 0 Å². The summed E-state index contributed by atoms with van der Waals surface area (Å²) < 4.78 is 13.0. The van der Waals surface area contributed by atoms with Gasteiger partial charge in [0.1, 0.15) is 5.82 Å². The lowest BCUT2D eigenvalue weighted by molar-refractivity contribution is -0.116. The van der Waals surface area contributed by atoms with Crippen LogP contribution in [0, 0.1) is 11.2 Å². The summed E-state index contributed by atoms with van der Waals surface area (Å²) in [5.74, 6) is -1.12. The number of anilines is 2. The summed E-state index contributed by atoms with van der Waals surface area (Å²) in [6, 6.07) is 17.3. The van der Waals surface area contributed by atoms with Gasteiger partial charge in [-0.2, -0.15) is 0 Å². The van der Waals surface area contributed by atoms with E-state index >= 15 is 0 Å². The first kappa shape index (κ1) is 20.7. The summed E-state index contributed by atoms with van der Waals surface area (Å²) in [5, 5.41) is 11.3. The molecule has 0 aliphatic heterocycles. The van der Waals surface area contributed by atoms with Crippen molar-refractivity contribution in [2.75, 3.05) is 11.1 Å². The Balaban J connectivity index is 1.70. The molecule has 0 fully saturated rings. The minimum atomic E-state index is -0.605. The third-order valence-corrected chi connectivity index (χ3v) is 4.60. The van der Waals surface area contributed by atoms with Gasteiger partial charge in [0.15, 0.2) is 0 Å². The van der Waals surface area contributed by atoms with Gasteiger partial charge in [-0.15, -0.1) is 0 Å². The summed E-state index contributed by atoms with van der Waals surface area (Å²) in [6.45, 7) is 0. The number of carbonyl (C=O) groups is 2. The quantitative estimate of drug-likeness (QED) is 0.356. The van der Waals surface area contributed by atoms with Gasteiger partial charge in [-0.05, 0) is 54.4 Å². The molecule has 0 aromatic heterocycles. The van der Waals surface area contributed by atoms with Crippen LogP contribution in [-0.4, -0.2) is 17.5 Å². The second-order valence-electron chi connectivity index (χ2n) is 6.80.